The number of nitrogens with one attached hydrogen (secondary N) is 1. The molecule has 0 spiro atoms. The number of anilines is 1. The van der Waals surface area contributed by atoms with Crippen molar-refractivity contribution >= 4 is 62.3 Å². The van der Waals surface area contributed by atoms with E-state index in [2.05, 4.69) is 5.32 Å². The Balaban J connectivity index is 1.70. The van der Waals surface area contributed by atoms with Gasteiger partial charge in [-0.05, 0) is 74.7 Å². The molecule has 0 heterocycles. The topological polar surface area (TPSA) is 86.8 Å². The predicted molar refractivity (Wildman–Crippen MR) is 164 cm³/mol. The Bertz CT molecular complexity index is 1510. The number of benzene rings is 3. The molecule has 7 nitrogen and oxygen atoms in total. The number of hydrogen-bond acceptors (Lipinski definition) is 4. The standard InChI is InChI=1S/C30H32Cl3N3O4S/c1-20-10-14-27(15-11-20)41(39,40)36(26-9-5-6-23(31)16-26)19-29(37)35(18-22-12-13-24(32)17-28(22)33)21(2)30(38)34-25-7-3-4-8-25/h5-6,9-17,21,25H,3-4,7-8,18-19H2,1-2H3,(H,34,38). The summed E-state index contributed by atoms with van der Waals surface area (Å²) < 4.78 is 28.8. The van der Waals surface area contributed by atoms with E-state index in [0.29, 0.717) is 20.6 Å². The predicted octanol–water partition coefficient (Wildman–Crippen LogP) is 6.63. The van der Waals surface area contributed by atoms with Gasteiger partial charge in [0.2, 0.25) is 11.8 Å². The Morgan fingerprint density at radius 2 is 1.61 bits per heavy atom. The first-order chi connectivity index (χ1) is 19.5. The van der Waals surface area contributed by atoms with Gasteiger partial charge in [0.05, 0.1) is 10.6 Å². The van der Waals surface area contributed by atoms with Crippen LogP contribution < -0.4 is 9.62 Å². The Morgan fingerprint density at radius 1 is 0.951 bits per heavy atom. The van der Waals surface area contributed by atoms with Gasteiger partial charge in [-0.3, -0.25) is 13.9 Å². The maximum atomic E-state index is 14.0. The number of halogens is 3. The van der Waals surface area contributed by atoms with Gasteiger partial charge in [0, 0.05) is 27.7 Å². The summed E-state index contributed by atoms with van der Waals surface area (Å²) in [6.07, 6.45) is 3.83. The minimum Gasteiger partial charge on any atom is -0.352 e. The lowest BCUT2D eigenvalue weighted by atomic mass is 10.1. The number of rotatable bonds is 10. The molecule has 0 radical (unpaired) electrons. The van der Waals surface area contributed by atoms with Crippen molar-refractivity contribution in [3.8, 4) is 0 Å². The summed E-state index contributed by atoms with van der Waals surface area (Å²) in [5.74, 6) is -0.896. The maximum absolute atomic E-state index is 14.0. The van der Waals surface area contributed by atoms with Crippen LogP contribution in [0, 0.1) is 6.92 Å². The number of carbonyl (C=O) groups excluding carboxylic acids is 2. The first kappa shape index (κ1) is 31.2. The van der Waals surface area contributed by atoms with E-state index >= 15 is 0 Å². The molecule has 1 fully saturated rings. The summed E-state index contributed by atoms with van der Waals surface area (Å²) in [6, 6.07) is 16.7. The Hall–Kier alpha value is -2.78. The summed E-state index contributed by atoms with van der Waals surface area (Å²) in [4.78, 5) is 28.7. The molecule has 1 atom stereocenters. The van der Waals surface area contributed by atoms with Crippen LogP contribution >= 0.6 is 34.8 Å². The molecule has 3 aromatic carbocycles. The van der Waals surface area contributed by atoms with Gasteiger partial charge in [0.15, 0.2) is 0 Å². The SMILES string of the molecule is Cc1ccc(S(=O)(=O)N(CC(=O)N(Cc2ccc(Cl)cc2Cl)C(C)C(=O)NC2CCCC2)c2cccc(Cl)c2)cc1. The van der Waals surface area contributed by atoms with Crippen molar-refractivity contribution in [3.05, 3.63) is 92.9 Å². The zero-order valence-electron chi connectivity index (χ0n) is 22.8. The quantitative estimate of drug-likeness (QED) is 0.271. The highest BCUT2D eigenvalue weighted by Crippen LogP contribution is 2.28. The molecule has 0 bridgehead atoms. The fraction of sp³-hybridized carbons (Fsp3) is 0.333. The average Bonchev–Trinajstić information content (AvgIpc) is 3.44. The van der Waals surface area contributed by atoms with Gasteiger partial charge in [0.25, 0.3) is 10.0 Å². The van der Waals surface area contributed by atoms with Crippen LogP contribution in [0.3, 0.4) is 0 Å². The highest BCUT2D eigenvalue weighted by atomic mass is 35.5. The minimum atomic E-state index is -4.18. The van der Waals surface area contributed by atoms with E-state index in [9.17, 15) is 18.0 Å². The van der Waals surface area contributed by atoms with Gasteiger partial charge in [-0.15, -0.1) is 0 Å². The number of nitrogens with zero attached hydrogens (tertiary/aromatic N) is 2. The smallest absolute Gasteiger partial charge is 0.264 e. The fourth-order valence-corrected chi connectivity index (χ4v) is 6.86. The lowest BCUT2D eigenvalue weighted by molar-refractivity contribution is -0.139. The number of amides is 2. The van der Waals surface area contributed by atoms with Gasteiger partial charge in [-0.25, -0.2) is 8.42 Å². The van der Waals surface area contributed by atoms with Crippen LogP contribution in [0.25, 0.3) is 0 Å². The lowest BCUT2D eigenvalue weighted by Crippen LogP contribution is -2.52. The molecule has 11 heteroatoms. The van der Waals surface area contributed by atoms with Crippen LogP contribution in [-0.2, 0) is 26.2 Å². The minimum absolute atomic E-state index is 0.0233. The van der Waals surface area contributed by atoms with Crippen molar-refractivity contribution in [2.24, 2.45) is 0 Å². The van der Waals surface area contributed by atoms with Gasteiger partial charge >= 0.3 is 0 Å². The number of carbonyl (C=O) groups is 2. The van der Waals surface area contributed by atoms with Crippen LogP contribution in [0.5, 0.6) is 0 Å². The summed E-state index contributed by atoms with van der Waals surface area (Å²) in [5.41, 5.74) is 1.68. The van der Waals surface area contributed by atoms with E-state index in [4.69, 9.17) is 34.8 Å². The summed E-state index contributed by atoms with van der Waals surface area (Å²) in [6.45, 7) is 2.89. The zero-order chi connectivity index (χ0) is 29.7. The molecule has 0 saturated heterocycles. The van der Waals surface area contributed by atoms with E-state index in [0.717, 1.165) is 35.6 Å². The van der Waals surface area contributed by atoms with Crippen LogP contribution in [0.2, 0.25) is 15.1 Å². The normalized spacial score (nSPS) is 14.5. The van der Waals surface area contributed by atoms with E-state index in [1.54, 1.807) is 55.5 Å². The van der Waals surface area contributed by atoms with Gasteiger partial charge in [-0.2, -0.15) is 0 Å². The molecular weight excluding hydrogens is 605 g/mol. The lowest BCUT2D eigenvalue weighted by Gasteiger charge is -2.32. The van der Waals surface area contributed by atoms with Crippen molar-refractivity contribution in [3.63, 3.8) is 0 Å². The summed E-state index contributed by atoms with van der Waals surface area (Å²) >= 11 is 18.7. The second-order valence-corrected chi connectivity index (χ2v) is 13.4. The van der Waals surface area contributed by atoms with Gasteiger partial charge in [-0.1, -0.05) is 77.5 Å². The average molecular weight is 637 g/mol. The fourth-order valence-electron chi connectivity index (χ4n) is 4.81. The molecule has 3 aromatic rings. The van der Waals surface area contributed by atoms with E-state index in [1.165, 1.54) is 23.1 Å². The molecule has 2 amide bonds. The van der Waals surface area contributed by atoms with Crippen molar-refractivity contribution in [2.45, 2.75) is 63.1 Å². The Kier molecular flexibility index (Phi) is 10.2. The first-order valence-electron chi connectivity index (χ1n) is 13.3. The third kappa shape index (κ3) is 7.74. The van der Waals surface area contributed by atoms with Gasteiger partial charge in [0.1, 0.15) is 12.6 Å². The van der Waals surface area contributed by atoms with Gasteiger partial charge < -0.3 is 10.2 Å². The van der Waals surface area contributed by atoms with Crippen molar-refractivity contribution in [1.82, 2.24) is 10.2 Å². The molecular formula is C30H32Cl3N3O4S. The highest BCUT2D eigenvalue weighted by Gasteiger charge is 2.33. The molecule has 1 N–H and O–H groups in total. The maximum Gasteiger partial charge on any atom is 0.264 e. The largest absolute Gasteiger partial charge is 0.352 e. The van der Waals surface area contributed by atoms with Crippen LogP contribution in [-0.4, -0.2) is 43.8 Å². The molecule has 1 aliphatic carbocycles. The first-order valence-corrected chi connectivity index (χ1v) is 15.9. The van der Waals surface area contributed by atoms with Crippen molar-refractivity contribution in [2.75, 3.05) is 10.8 Å². The molecule has 0 aliphatic heterocycles. The molecule has 41 heavy (non-hydrogen) atoms. The van der Waals surface area contributed by atoms with E-state index in [-0.39, 0.29) is 29.1 Å². The van der Waals surface area contributed by atoms with Crippen LogP contribution in [0.1, 0.15) is 43.7 Å². The third-order valence-corrected chi connectivity index (χ3v) is 9.82. The molecule has 1 saturated carbocycles. The zero-order valence-corrected chi connectivity index (χ0v) is 25.9. The number of sulfonamides is 1. The Labute approximate surface area is 256 Å². The molecule has 4 rings (SSSR count). The van der Waals surface area contributed by atoms with Crippen molar-refractivity contribution < 1.29 is 18.0 Å². The summed E-state index contributed by atoms with van der Waals surface area (Å²) in [5, 5.41) is 4.12. The second-order valence-electron chi connectivity index (χ2n) is 10.2. The summed E-state index contributed by atoms with van der Waals surface area (Å²) in [7, 11) is -4.18. The number of hydrogen-bond donors (Lipinski definition) is 1. The van der Waals surface area contributed by atoms with Crippen LogP contribution in [0.4, 0.5) is 5.69 Å². The monoisotopic (exact) mass is 635 g/mol. The molecule has 1 aliphatic rings. The third-order valence-electron chi connectivity index (χ3n) is 7.21. The van der Waals surface area contributed by atoms with E-state index in [1.807, 2.05) is 6.92 Å². The molecule has 218 valence electrons. The van der Waals surface area contributed by atoms with Crippen molar-refractivity contribution in [1.29, 1.82) is 0 Å². The molecule has 0 aromatic heterocycles. The Morgan fingerprint density at radius 3 is 2.24 bits per heavy atom. The van der Waals surface area contributed by atoms with Crippen LogP contribution in [0.15, 0.2) is 71.6 Å². The molecule has 1 unspecified atom stereocenters. The van der Waals surface area contributed by atoms with E-state index < -0.39 is 28.5 Å². The number of aryl methyl sites for hydroxylation is 1. The highest BCUT2D eigenvalue weighted by molar-refractivity contribution is 7.92. The second kappa shape index (κ2) is 13.5.